The topological polar surface area (TPSA) is 74.3 Å². The fraction of sp³-hybridized carbons (Fsp3) is 0.333. The van der Waals surface area contributed by atoms with Gasteiger partial charge in [0.2, 0.25) is 0 Å². The molecule has 2 aromatic rings. The monoisotopic (exact) mass is 385 g/mol. The molecule has 28 heavy (non-hydrogen) atoms. The zero-order chi connectivity index (χ0) is 19.8. The SMILES string of the molecule is COc1cc(C(=O)OCc2ccccc2)ccc1OCC(=O)N1CCOCC1. The third-order valence-corrected chi connectivity index (χ3v) is 4.33. The van der Waals surface area contributed by atoms with Crippen LogP contribution in [0.5, 0.6) is 11.5 Å². The van der Waals surface area contributed by atoms with E-state index in [1.807, 2.05) is 30.3 Å². The molecule has 0 aliphatic carbocycles. The Bertz CT molecular complexity index is 802. The first-order valence-corrected chi connectivity index (χ1v) is 9.05. The largest absolute Gasteiger partial charge is 0.493 e. The van der Waals surface area contributed by atoms with E-state index in [1.54, 1.807) is 23.1 Å². The second-order valence-corrected chi connectivity index (χ2v) is 6.21. The predicted molar refractivity (Wildman–Crippen MR) is 101 cm³/mol. The molecular formula is C21H23NO6. The molecule has 0 saturated carbocycles. The number of carbonyl (C=O) groups is 2. The Labute approximate surface area is 163 Å². The van der Waals surface area contributed by atoms with Gasteiger partial charge >= 0.3 is 5.97 Å². The molecule has 0 radical (unpaired) electrons. The van der Waals surface area contributed by atoms with E-state index < -0.39 is 5.97 Å². The molecule has 1 amide bonds. The van der Waals surface area contributed by atoms with Crippen molar-refractivity contribution in [3.63, 3.8) is 0 Å². The van der Waals surface area contributed by atoms with Crippen LogP contribution >= 0.6 is 0 Å². The maximum Gasteiger partial charge on any atom is 0.338 e. The molecule has 0 spiro atoms. The van der Waals surface area contributed by atoms with Gasteiger partial charge in [-0.2, -0.15) is 0 Å². The van der Waals surface area contributed by atoms with E-state index in [1.165, 1.54) is 7.11 Å². The smallest absolute Gasteiger partial charge is 0.338 e. The van der Waals surface area contributed by atoms with Crippen molar-refractivity contribution >= 4 is 11.9 Å². The van der Waals surface area contributed by atoms with Crippen LogP contribution in [0.1, 0.15) is 15.9 Å². The maximum atomic E-state index is 12.3. The Hall–Kier alpha value is -3.06. The molecule has 0 aromatic heterocycles. The molecule has 1 aliphatic rings. The van der Waals surface area contributed by atoms with E-state index in [-0.39, 0.29) is 19.1 Å². The lowest BCUT2D eigenvalue weighted by Crippen LogP contribution is -2.43. The summed E-state index contributed by atoms with van der Waals surface area (Å²) in [5, 5.41) is 0. The lowest BCUT2D eigenvalue weighted by molar-refractivity contribution is -0.137. The second-order valence-electron chi connectivity index (χ2n) is 6.21. The van der Waals surface area contributed by atoms with Gasteiger partial charge in [0.25, 0.3) is 5.91 Å². The van der Waals surface area contributed by atoms with Crippen LogP contribution in [-0.2, 0) is 20.9 Å². The molecule has 7 nitrogen and oxygen atoms in total. The number of esters is 1. The average Bonchev–Trinajstić information content (AvgIpc) is 2.77. The summed E-state index contributed by atoms with van der Waals surface area (Å²) in [6.45, 7) is 2.28. The van der Waals surface area contributed by atoms with Gasteiger partial charge in [0.05, 0.1) is 25.9 Å². The Morgan fingerprint density at radius 3 is 2.50 bits per heavy atom. The second kappa shape index (κ2) is 9.75. The zero-order valence-corrected chi connectivity index (χ0v) is 15.8. The number of benzene rings is 2. The number of carbonyl (C=O) groups excluding carboxylic acids is 2. The van der Waals surface area contributed by atoms with Crippen molar-refractivity contribution in [1.82, 2.24) is 4.90 Å². The molecule has 3 rings (SSSR count). The molecule has 0 atom stereocenters. The minimum Gasteiger partial charge on any atom is -0.493 e. The van der Waals surface area contributed by atoms with E-state index in [0.717, 1.165) is 5.56 Å². The number of morpholine rings is 1. The van der Waals surface area contributed by atoms with Crippen molar-refractivity contribution in [3.8, 4) is 11.5 Å². The fourth-order valence-corrected chi connectivity index (χ4v) is 2.76. The lowest BCUT2D eigenvalue weighted by Gasteiger charge is -2.26. The van der Waals surface area contributed by atoms with E-state index in [0.29, 0.717) is 43.4 Å². The van der Waals surface area contributed by atoms with Gasteiger partial charge in [-0.05, 0) is 23.8 Å². The lowest BCUT2D eigenvalue weighted by atomic mass is 10.2. The summed E-state index contributed by atoms with van der Waals surface area (Å²) in [6, 6.07) is 14.2. The summed E-state index contributed by atoms with van der Waals surface area (Å²) in [4.78, 5) is 26.2. The number of nitrogens with zero attached hydrogens (tertiary/aromatic N) is 1. The van der Waals surface area contributed by atoms with Gasteiger partial charge in [0.1, 0.15) is 6.61 Å². The molecular weight excluding hydrogens is 362 g/mol. The van der Waals surface area contributed by atoms with Gasteiger partial charge in [0.15, 0.2) is 18.1 Å². The summed E-state index contributed by atoms with van der Waals surface area (Å²) in [7, 11) is 1.48. The summed E-state index contributed by atoms with van der Waals surface area (Å²) in [6.07, 6.45) is 0. The van der Waals surface area contributed by atoms with Gasteiger partial charge < -0.3 is 23.8 Å². The first-order chi connectivity index (χ1) is 13.7. The minimum absolute atomic E-state index is 0.103. The van der Waals surface area contributed by atoms with Gasteiger partial charge in [-0.15, -0.1) is 0 Å². The number of ether oxygens (including phenoxy) is 4. The van der Waals surface area contributed by atoms with Crippen molar-refractivity contribution in [1.29, 1.82) is 0 Å². The zero-order valence-electron chi connectivity index (χ0n) is 15.8. The maximum absolute atomic E-state index is 12.3. The highest BCUT2D eigenvalue weighted by Crippen LogP contribution is 2.28. The van der Waals surface area contributed by atoms with Crippen molar-refractivity contribution in [2.45, 2.75) is 6.61 Å². The van der Waals surface area contributed by atoms with Crippen molar-refractivity contribution < 1.29 is 28.5 Å². The summed E-state index contributed by atoms with van der Waals surface area (Å²) in [5.41, 5.74) is 1.25. The highest BCUT2D eigenvalue weighted by atomic mass is 16.5. The van der Waals surface area contributed by atoms with Crippen LogP contribution in [0.4, 0.5) is 0 Å². The first-order valence-electron chi connectivity index (χ1n) is 9.05. The number of amides is 1. The van der Waals surface area contributed by atoms with Crippen LogP contribution < -0.4 is 9.47 Å². The predicted octanol–water partition coefficient (Wildman–Crippen LogP) is 2.29. The van der Waals surface area contributed by atoms with Crippen LogP contribution in [0.3, 0.4) is 0 Å². The number of hydrogen-bond acceptors (Lipinski definition) is 6. The third-order valence-electron chi connectivity index (χ3n) is 4.33. The molecule has 0 bridgehead atoms. The standard InChI is InChI=1S/C21H23NO6/c1-25-19-13-17(21(24)28-14-16-5-3-2-4-6-16)7-8-18(19)27-15-20(23)22-9-11-26-12-10-22/h2-8,13H,9-12,14-15H2,1H3. The summed E-state index contributed by atoms with van der Waals surface area (Å²) >= 11 is 0. The Balaban J connectivity index is 1.58. The van der Waals surface area contributed by atoms with Crippen LogP contribution in [0.25, 0.3) is 0 Å². The third kappa shape index (κ3) is 5.23. The average molecular weight is 385 g/mol. The molecule has 1 saturated heterocycles. The molecule has 148 valence electrons. The molecule has 2 aromatic carbocycles. The number of hydrogen-bond donors (Lipinski definition) is 0. The number of rotatable bonds is 7. The van der Waals surface area contributed by atoms with Gasteiger partial charge in [0, 0.05) is 13.1 Å². The highest BCUT2D eigenvalue weighted by Gasteiger charge is 2.18. The minimum atomic E-state index is -0.460. The van der Waals surface area contributed by atoms with Crippen molar-refractivity contribution in [3.05, 3.63) is 59.7 Å². The Morgan fingerprint density at radius 2 is 1.79 bits per heavy atom. The van der Waals surface area contributed by atoms with E-state index in [4.69, 9.17) is 18.9 Å². The van der Waals surface area contributed by atoms with Crippen LogP contribution in [0, 0.1) is 0 Å². The van der Waals surface area contributed by atoms with Crippen LogP contribution in [0.2, 0.25) is 0 Å². The molecule has 7 heteroatoms. The molecule has 0 N–H and O–H groups in total. The summed E-state index contributed by atoms with van der Waals surface area (Å²) in [5.74, 6) is 0.183. The van der Waals surface area contributed by atoms with Gasteiger partial charge in [-0.1, -0.05) is 30.3 Å². The van der Waals surface area contributed by atoms with Crippen LogP contribution in [-0.4, -0.2) is 56.8 Å². The van der Waals surface area contributed by atoms with E-state index in [9.17, 15) is 9.59 Å². The number of methoxy groups -OCH3 is 1. The van der Waals surface area contributed by atoms with Crippen molar-refractivity contribution in [2.75, 3.05) is 40.0 Å². The van der Waals surface area contributed by atoms with Crippen molar-refractivity contribution in [2.24, 2.45) is 0 Å². The Morgan fingerprint density at radius 1 is 1.04 bits per heavy atom. The van der Waals surface area contributed by atoms with Gasteiger partial charge in [-0.3, -0.25) is 4.79 Å². The van der Waals surface area contributed by atoms with E-state index in [2.05, 4.69) is 0 Å². The first kappa shape index (κ1) is 19.7. The van der Waals surface area contributed by atoms with Crippen LogP contribution in [0.15, 0.2) is 48.5 Å². The fourth-order valence-electron chi connectivity index (χ4n) is 2.76. The molecule has 1 fully saturated rings. The molecule has 0 unspecified atom stereocenters. The molecule has 1 heterocycles. The Kier molecular flexibility index (Phi) is 6.86. The molecule has 1 aliphatic heterocycles. The van der Waals surface area contributed by atoms with E-state index >= 15 is 0 Å². The highest BCUT2D eigenvalue weighted by molar-refractivity contribution is 5.90. The summed E-state index contributed by atoms with van der Waals surface area (Å²) < 4.78 is 21.5. The quantitative estimate of drug-likeness (QED) is 0.681. The van der Waals surface area contributed by atoms with Gasteiger partial charge in [-0.25, -0.2) is 4.79 Å². The normalized spacial score (nSPS) is 13.7.